The van der Waals surface area contributed by atoms with E-state index in [-0.39, 0.29) is 48.9 Å². The fraction of sp³-hybridized carbons (Fsp3) is 0.250. The Morgan fingerprint density at radius 2 is 1.73 bits per heavy atom. The van der Waals surface area contributed by atoms with Gasteiger partial charge in [0.2, 0.25) is 11.8 Å². The van der Waals surface area contributed by atoms with Gasteiger partial charge >= 0.3 is 0 Å². The van der Waals surface area contributed by atoms with Crippen molar-refractivity contribution in [1.82, 2.24) is 25.2 Å². The number of nitrogens with one attached hydrogen (secondary N) is 2. The van der Waals surface area contributed by atoms with Crippen molar-refractivity contribution < 1.29 is 23.9 Å². The second kappa shape index (κ2) is 15.8. The number of imidazole rings is 1. The van der Waals surface area contributed by atoms with E-state index in [0.29, 0.717) is 45.3 Å². The number of aryl methyl sites for hydroxylation is 3. The van der Waals surface area contributed by atoms with Crippen LogP contribution in [0.15, 0.2) is 73.1 Å². The molecule has 254 valence electrons. The van der Waals surface area contributed by atoms with E-state index in [1.54, 1.807) is 62.8 Å². The number of para-hydroxylation sites is 1. The van der Waals surface area contributed by atoms with Crippen molar-refractivity contribution in [1.29, 1.82) is 0 Å². The van der Waals surface area contributed by atoms with Gasteiger partial charge in [0.25, 0.3) is 5.91 Å². The number of aromatic nitrogens is 3. The summed E-state index contributed by atoms with van der Waals surface area (Å²) in [5.41, 5.74) is 3.71. The molecule has 0 spiro atoms. The Morgan fingerprint density at radius 3 is 2.45 bits per heavy atom. The highest BCUT2D eigenvalue weighted by Gasteiger charge is 2.20. The number of ether oxygens (including phenoxy) is 2. The number of hydrogen-bond acceptors (Lipinski definition) is 7. The molecule has 11 nitrogen and oxygen atoms in total. The third-order valence-electron chi connectivity index (χ3n) is 7.96. The molecule has 5 aromatic rings. The highest BCUT2D eigenvalue weighted by molar-refractivity contribution is 6.38. The topological polar surface area (TPSA) is 128 Å². The molecule has 2 heterocycles. The fourth-order valence-electron chi connectivity index (χ4n) is 5.09. The number of benzene rings is 3. The Balaban J connectivity index is 1.22. The molecule has 0 aliphatic carbocycles. The molecule has 0 atom stereocenters. The molecule has 0 aliphatic heterocycles. The average Bonchev–Trinajstić information content (AvgIpc) is 3.52. The summed E-state index contributed by atoms with van der Waals surface area (Å²) in [4.78, 5) is 47.7. The van der Waals surface area contributed by atoms with Gasteiger partial charge in [-0.1, -0.05) is 41.4 Å². The first-order valence-corrected chi connectivity index (χ1v) is 16.2. The van der Waals surface area contributed by atoms with Crippen LogP contribution < -0.4 is 25.0 Å². The van der Waals surface area contributed by atoms with Crippen molar-refractivity contribution in [2.24, 2.45) is 7.05 Å². The lowest BCUT2D eigenvalue weighted by Crippen LogP contribution is -2.38. The smallest absolute Gasteiger partial charge is 0.251 e. The van der Waals surface area contributed by atoms with E-state index in [9.17, 15) is 14.4 Å². The van der Waals surface area contributed by atoms with E-state index < -0.39 is 0 Å². The zero-order chi connectivity index (χ0) is 35.1. The van der Waals surface area contributed by atoms with Crippen molar-refractivity contribution in [2.45, 2.75) is 33.0 Å². The van der Waals surface area contributed by atoms with Crippen LogP contribution in [0.2, 0.25) is 10.0 Å². The van der Waals surface area contributed by atoms with Crippen molar-refractivity contribution in [3.05, 3.63) is 111 Å². The number of carbonyl (C=O) groups excluding carboxylic acids is 3. The van der Waals surface area contributed by atoms with E-state index in [1.807, 2.05) is 42.9 Å². The van der Waals surface area contributed by atoms with Crippen molar-refractivity contribution >= 4 is 57.5 Å². The summed E-state index contributed by atoms with van der Waals surface area (Å²) in [7, 11) is 5.05. The molecule has 49 heavy (non-hydrogen) atoms. The zero-order valence-corrected chi connectivity index (χ0v) is 29.1. The monoisotopic (exact) mass is 702 g/mol. The number of rotatable bonds is 13. The maximum Gasteiger partial charge on any atom is 0.251 e. The molecule has 13 heteroatoms. The van der Waals surface area contributed by atoms with E-state index >= 15 is 0 Å². The van der Waals surface area contributed by atoms with Gasteiger partial charge in [-0.05, 0) is 55.3 Å². The number of amides is 3. The highest BCUT2D eigenvalue weighted by Crippen LogP contribution is 2.36. The van der Waals surface area contributed by atoms with Crippen LogP contribution >= 0.6 is 23.2 Å². The summed E-state index contributed by atoms with van der Waals surface area (Å²) < 4.78 is 14.3. The highest BCUT2D eigenvalue weighted by atomic mass is 35.5. The Kier molecular flexibility index (Phi) is 11.4. The van der Waals surface area contributed by atoms with Crippen LogP contribution in [0.25, 0.3) is 10.9 Å². The first kappa shape index (κ1) is 35.2. The molecule has 0 saturated carbocycles. The van der Waals surface area contributed by atoms with Crippen molar-refractivity contribution in [3.63, 3.8) is 0 Å². The summed E-state index contributed by atoms with van der Waals surface area (Å²) in [6.07, 6.45) is 4.22. The van der Waals surface area contributed by atoms with Gasteiger partial charge < -0.3 is 29.6 Å². The molecule has 2 N–H and O–H groups in total. The summed E-state index contributed by atoms with van der Waals surface area (Å²) in [5.74, 6) is 1.12. The Bertz CT molecular complexity index is 2000. The molecule has 3 aromatic carbocycles. The van der Waals surface area contributed by atoms with Crippen LogP contribution in [0.5, 0.6) is 11.5 Å². The van der Waals surface area contributed by atoms with Crippen LogP contribution in [-0.4, -0.2) is 52.9 Å². The molecule has 3 amide bonds. The lowest BCUT2D eigenvalue weighted by molar-refractivity contribution is -0.124. The molecular formula is C36H36Cl2N6O5. The molecule has 0 bridgehead atoms. The van der Waals surface area contributed by atoms with Crippen LogP contribution in [0, 0.1) is 6.92 Å². The first-order chi connectivity index (χ1) is 23.5. The summed E-state index contributed by atoms with van der Waals surface area (Å²) in [6.45, 7) is 1.95. The van der Waals surface area contributed by atoms with E-state index in [0.717, 1.165) is 22.5 Å². The second-order valence-electron chi connectivity index (χ2n) is 11.3. The molecule has 0 aliphatic rings. The van der Waals surface area contributed by atoms with Crippen LogP contribution in [0.1, 0.15) is 39.4 Å². The number of hydrogen-bond donors (Lipinski definition) is 2. The zero-order valence-electron chi connectivity index (χ0n) is 27.5. The van der Waals surface area contributed by atoms with Gasteiger partial charge in [0.1, 0.15) is 36.1 Å². The van der Waals surface area contributed by atoms with E-state index in [1.165, 1.54) is 4.90 Å². The van der Waals surface area contributed by atoms with Gasteiger partial charge in [0.15, 0.2) is 0 Å². The number of likely N-dealkylation sites (N-methyl/N-ethyl adjacent to an activating group) is 1. The van der Waals surface area contributed by atoms with Crippen LogP contribution in [-0.2, 0) is 36.3 Å². The van der Waals surface area contributed by atoms with Gasteiger partial charge in [-0.2, -0.15) is 0 Å². The number of halogens is 2. The number of fused-ring (bicyclic) bond motifs is 1. The summed E-state index contributed by atoms with van der Waals surface area (Å²) in [6, 6.07) is 17.7. The number of anilines is 1. The van der Waals surface area contributed by atoms with Crippen molar-refractivity contribution in [2.75, 3.05) is 25.5 Å². The van der Waals surface area contributed by atoms with Crippen LogP contribution in [0.3, 0.4) is 0 Å². The minimum Gasteiger partial charge on any atom is -0.487 e. The maximum atomic E-state index is 13.1. The fourth-order valence-corrected chi connectivity index (χ4v) is 5.70. The largest absolute Gasteiger partial charge is 0.487 e. The lowest BCUT2D eigenvalue weighted by atomic mass is 10.1. The molecule has 2 aromatic heterocycles. The number of carbonyl (C=O) groups is 3. The normalized spacial score (nSPS) is 10.9. The molecule has 0 fully saturated rings. The minimum absolute atomic E-state index is 0.00651. The van der Waals surface area contributed by atoms with Gasteiger partial charge in [-0.3, -0.25) is 14.4 Å². The molecule has 0 saturated heterocycles. The predicted molar refractivity (Wildman–Crippen MR) is 189 cm³/mol. The average molecular weight is 704 g/mol. The predicted octanol–water partition coefficient (Wildman–Crippen LogP) is 5.81. The third kappa shape index (κ3) is 8.48. The molecule has 5 rings (SSSR count). The van der Waals surface area contributed by atoms with Gasteiger partial charge in [-0.25, -0.2) is 9.97 Å². The quantitative estimate of drug-likeness (QED) is 0.158. The second-order valence-corrected chi connectivity index (χ2v) is 12.1. The number of pyridine rings is 1. The SMILES string of the molecule is CNC(=O)c1ccc(CCC(=O)NCC(=O)N(C)c2ccc(Cl)c(COc3cccc4c(OCc5nccn5C)cc(C)nc34)c2Cl)cc1. The minimum atomic E-state index is -0.369. The molecular weight excluding hydrogens is 667 g/mol. The Labute approximate surface area is 294 Å². The molecule has 0 radical (unpaired) electrons. The summed E-state index contributed by atoms with van der Waals surface area (Å²) >= 11 is 13.4. The van der Waals surface area contributed by atoms with E-state index in [4.69, 9.17) is 37.7 Å². The third-order valence-corrected chi connectivity index (χ3v) is 8.74. The van der Waals surface area contributed by atoms with Gasteiger partial charge in [-0.15, -0.1) is 0 Å². The standard InChI is InChI=1S/C36H36Cl2N6O5/c1-22-18-30(49-21-31-40-16-17-43(31)3)25-6-5-7-29(35(25)42-22)48-20-26-27(37)13-14-28(34(26)38)44(4)33(46)19-41-32(45)15-10-23-8-11-24(12-9-23)36(47)39-2/h5-9,11-14,16-18H,10,15,19-21H2,1-4H3,(H,39,47)(H,41,45). The maximum absolute atomic E-state index is 13.1. The van der Waals surface area contributed by atoms with E-state index in [2.05, 4.69) is 15.6 Å². The summed E-state index contributed by atoms with van der Waals surface area (Å²) in [5, 5.41) is 6.63. The van der Waals surface area contributed by atoms with Crippen molar-refractivity contribution in [3.8, 4) is 11.5 Å². The Hall–Kier alpha value is -5.13. The number of nitrogens with zero attached hydrogens (tertiary/aromatic N) is 4. The van der Waals surface area contributed by atoms with Gasteiger partial charge in [0.05, 0.1) is 17.3 Å². The van der Waals surface area contributed by atoms with Gasteiger partial charge in [0, 0.05) is 73.3 Å². The molecule has 0 unspecified atom stereocenters. The van der Waals surface area contributed by atoms with Crippen LogP contribution in [0.4, 0.5) is 5.69 Å². The first-order valence-electron chi connectivity index (χ1n) is 15.5. The Morgan fingerprint density at radius 1 is 0.980 bits per heavy atom. The lowest BCUT2D eigenvalue weighted by Gasteiger charge is -2.21.